The molecule has 0 aliphatic carbocycles. The van der Waals surface area contributed by atoms with Gasteiger partial charge in [0.05, 0.1) is 11.3 Å². The van der Waals surface area contributed by atoms with Gasteiger partial charge in [-0.25, -0.2) is 0 Å². The normalized spacial score (nSPS) is 17.2. The standard InChI is InChI=1S/C13H15ClN2/c1-10-4-6-16(7-5-10)13-8-12(14)3-2-11(13)9-15/h2-3,8,10H,4-7H2,1H3. The number of hydrogen-bond acceptors (Lipinski definition) is 2. The van der Waals surface area contributed by atoms with Gasteiger partial charge in [-0.15, -0.1) is 0 Å². The Balaban J connectivity index is 2.26. The number of rotatable bonds is 1. The van der Waals surface area contributed by atoms with Gasteiger partial charge in [0.25, 0.3) is 0 Å². The van der Waals surface area contributed by atoms with Crippen LogP contribution in [0, 0.1) is 17.2 Å². The lowest BCUT2D eigenvalue weighted by atomic mass is 9.98. The van der Waals surface area contributed by atoms with Gasteiger partial charge >= 0.3 is 0 Å². The van der Waals surface area contributed by atoms with Crippen LogP contribution < -0.4 is 4.90 Å². The van der Waals surface area contributed by atoms with Gasteiger partial charge in [0.15, 0.2) is 0 Å². The molecule has 0 radical (unpaired) electrons. The van der Waals surface area contributed by atoms with Gasteiger partial charge in [0, 0.05) is 18.1 Å². The van der Waals surface area contributed by atoms with E-state index in [4.69, 9.17) is 16.9 Å². The van der Waals surface area contributed by atoms with Crippen molar-refractivity contribution >= 4 is 17.3 Å². The van der Waals surface area contributed by atoms with Gasteiger partial charge in [0.2, 0.25) is 0 Å². The summed E-state index contributed by atoms with van der Waals surface area (Å²) in [6.45, 7) is 4.33. The zero-order valence-corrected chi connectivity index (χ0v) is 10.2. The van der Waals surface area contributed by atoms with Crippen LogP contribution in [0.15, 0.2) is 18.2 Å². The third-order valence-corrected chi connectivity index (χ3v) is 3.44. The van der Waals surface area contributed by atoms with E-state index in [1.807, 2.05) is 6.07 Å². The van der Waals surface area contributed by atoms with E-state index in [0.717, 1.165) is 30.3 Å². The molecule has 0 amide bonds. The molecule has 1 aliphatic rings. The van der Waals surface area contributed by atoms with Crippen LogP contribution in [0.5, 0.6) is 0 Å². The van der Waals surface area contributed by atoms with Crippen molar-refractivity contribution in [2.24, 2.45) is 5.92 Å². The summed E-state index contributed by atoms with van der Waals surface area (Å²) in [7, 11) is 0. The highest BCUT2D eigenvalue weighted by molar-refractivity contribution is 6.30. The molecule has 1 aromatic rings. The van der Waals surface area contributed by atoms with Crippen LogP contribution >= 0.6 is 11.6 Å². The lowest BCUT2D eigenvalue weighted by Crippen LogP contribution is -2.33. The minimum Gasteiger partial charge on any atom is -0.370 e. The second-order valence-electron chi connectivity index (χ2n) is 4.44. The van der Waals surface area contributed by atoms with Crippen molar-refractivity contribution in [2.45, 2.75) is 19.8 Å². The average Bonchev–Trinajstić information content (AvgIpc) is 2.30. The van der Waals surface area contributed by atoms with Crippen molar-refractivity contribution in [3.05, 3.63) is 28.8 Å². The van der Waals surface area contributed by atoms with Crippen molar-refractivity contribution in [2.75, 3.05) is 18.0 Å². The van der Waals surface area contributed by atoms with Crippen molar-refractivity contribution in [3.8, 4) is 6.07 Å². The van der Waals surface area contributed by atoms with Gasteiger partial charge < -0.3 is 4.90 Å². The number of halogens is 1. The molecule has 1 fully saturated rings. The summed E-state index contributed by atoms with van der Waals surface area (Å²) in [4.78, 5) is 2.27. The molecule has 3 heteroatoms. The molecular formula is C13H15ClN2. The molecule has 0 saturated carbocycles. The Morgan fingerprint density at radius 2 is 2.06 bits per heavy atom. The van der Waals surface area contributed by atoms with E-state index in [9.17, 15) is 0 Å². The van der Waals surface area contributed by atoms with Gasteiger partial charge in [-0.3, -0.25) is 0 Å². The fraction of sp³-hybridized carbons (Fsp3) is 0.462. The van der Waals surface area contributed by atoms with E-state index in [-0.39, 0.29) is 0 Å². The van der Waals surface area contributed by atoms with E-state index in [0.29, 0.717) is 5.02 Å². The van der Waals surface area contributed by atoms with Crippen LogP contribution in [-0.2, 0) is 0 Å². The smallest absolute Gasteiger partial charge is 0.101 e. The number of benzene rings is 1. The van der Waals surface area contributed by atoms with Crippen LogP contribution in [0.1, 0.15) is 25.3 Å². The largest absolute Gasteiger partial charge is 0.370 e. The molecule has 0 N–H and O–H groups in total. The van der Waals surface area contributed by atoms with Gasteiger partial charge in [-0.05, 0) is 37.0 Å². The fourth-order valence-corrected chi connectivity index (χ4v) is 2.28. The molecule has 2 rings (SSSR count). The van der Waals surface area contributed by atoms with Crippen LogP contribution in [0.3, 0.4) is 0 Å². The first-order valence-electron chi connectivity index (χ1n) is 5.65. The highest BCUT2D eigenvalue weighted by Gasteiger charge is 2.18. The van der Waals surface area contributed by atoms with E-state index < -0.39 is 0 Å². The van der Waals surface area contributed by atoms with Crippen molar-refractivity contribution < 1.29 is 0 Å². The summed E-state index contributed by atoms with van der Waals surface area (Å²) < 4.78 is 0. The zero-order chi connectivity index (χ0) is 11.5. The van der Waals surface area contributed by atoms with E-state index in [2.05, 4.69) is 17.9 Å². The Hall–Kier alpha value is -1.20. The molecule has 0 atom stereocenters. The Morgan fingerprint density at radius 1 is 1.38 bits per heavy atom. The van der Waals surface area contributed by atoms with Gasteiger partial charge in [-0.1, -0.05) is 18.5 Å². The third kappa shape index (κ3) is 2.31. The number of hydrogen-bond donors (Lipinski definition) is 0. The number of nitrogens with zero attached hydrogens (tertiary/aromatic N) is 2. The number of nitriles is 1. The minimum atomic E-state index is 0.702. The van der Waals surface area contributed by atoms with Crippen molar-refractivity contribution in [3.63, 3.8) is 0 Å². The maximum absolute atomic E-state index is 9.07. The Kier molecular flexibility index (Phi) is 3.36. The van der Waals surface area contributed by atoms with Crippen LogP contribution in [0.4, 0.5) is 5.69 Å². The van der Waals surface area contributed by atoms with Crippen molar-refractivity contribution in [1.29, 1.82) is 5.26 Å². The summed E-state index contributed by atoms with van der Waals surface area (Å²) >= 11 is 5.99. The summed E-state index contributed by atoms with van der Waals surface area (Å²) in [5.74, 6) is 0.793. The second-order valence-corrected chi connectivity index (χ2v) is 4.88. The molecule has 2 nitrogen and oxygen atoms in total. The highest BCUT2D eigenvalue weighted by atomic mass is 35.5. The van der Waals surface area contributed by atoms with Gasteiger partial charge in [0.1, 0.15) is 6.07 Å². The molecule has 84 valence electrons. The Labute approximate surface area is 101 Å². The minimum absolute atomic E-state index is 0.702. The van der Waals surface area contributed by atoms with E-state index in [1.165, 1.54) is 12.8 Å². The van der Waals surface area contributed by atoms with Crippen molar-refractivity contribution in [1.82, 2.24) is 0 Å². The molecule has 0 bridgehead atoms. The first-order chi connectivity index (χ1) is 7.70. The SMILES string of the molecule is CC1CCN(c2cc(Cl)ccc2C#N)CC1. The van der Waals surface area contributed by atoms with Crippen LogP contribution in [0.25, 0.3) is 0 Å². The molecule has 0 aromatic heterocycles. The number of anilines is 1. The predicted octanol–water partition coefficient (Wildman–Crippen LogP) is 3.45. The molecule has 1 heterocycles. The lowest BCUT2D eigenvalue weighted by Gasteiger charge is -2.32. The van der Waals surface area contributed by atoms with E-state index in [1.54, 1.807) is 12.1 Å². The molecule has 1 aromatic carbocycles. The lowest BCUT2D eigenvalue weighted by molar-refractivity contribution is 0.438. The highest BCUT2D eigenvalue weighted by Crippen LogP contribution is 2.28. The third-order valence-electron chi connectivity index (χ3n) is 3.20. The monoisotopic (exact) mass is 234 g/mol. The van der Waals surface area contributed by atoms with E-state index >= 15 is 0 Å². The van der Waals surface area contributed by atoms with Gasteiger partial charge in [-0.2, -0.15) is 5.26 Å². The first kappa shape index (κ1) is 11.3. The fourth-order valence-electron chi connectivity index (χ4n) is 2.11. The molecule has 1 saturated heterocycles. The number of piperidine rings is 1. The Morgan fingerprint density at radius 3 is 2.69 bits per heavy atom. The summed E-state index contributed by atoms with van der Waals surface area (Å²) in [5.41, 5.74) is 1.71. The Bertz CT molecular complexity index is 414. The quantitative estimate of drug-likeness (QED) is 0.744. The molecule has 16 heavy (non-hydrogen) atoms. The zero-order valence-electron chi connectivity index (χ0n) is 9.41. The molecule has 0 unspecified atom stereocenters. The summed E-state index contributed by atoms with van der Waals surface area (Å²) in [5, 5.41) is 9.77. The average molecular weight is 235 g/mol. The molecule has 0 spiro atoms. The maximum atomic E-state index is 9.07. The van der Waals surface area contributed by atoms with Crippen LogP contribution in [0.2, 0.25) is 5.02 Å². The molecule has 1 aliphatic heterocycles. The molecular weight excluding hydrogens is 220 g/mol. The summed E-state index contributed by atoms with van der Waals surface area (Å²) in [6.07, 6.45) is 2.38. The van der Waals surface area contributed by atoms with Crippen LogP contribution in [-0.4, -0.2) is 13.1 Å². The first-order valence-corrected chi connectivity index (χ1v) is 6.03. The predicted molar refractivity (Wildman–Crippen MR) is 66.8 cm³/mol. The second kappa shape index (κ2) is 4.76. The summed E-state index contributed by atoms with van der Waals surface area (Å²) in [6, 6.07) is 7.71. The topological polar surface area (TPSA) is 27.0 Å². The maximum Gasteiger partial charge on any atom is 0.101 e.